The van der Waals surface area contributed by atoms with Crippen molar-refractivity contribution < 1.29 is 0 Å². The Kier molecular flexibility index (Phi) is 4.62. The molecule has 0 amide bonds. The van der Waals surface area contributed by atoms with E-state index in [0.717, 1.165) is 76.4 Å². The Morgan fingerprint density at radius 3 is 2.64 bits per heavy atom. The summed E-state index contributed by atoms with van der Waals surface area (Å²) in [4.78, 5) is 22.3. The van der Waals surface area contributed by atoms with Crippen molar-refractivity contribution in [3.05, 3.63) is 54.0 Å². The Bertz CT molecular complexity index is 1470. The highest BCUT2D eigenvalue weighted by Gasteiger charge is 2.21. The number of hydrogen-bond acceptors (Lipinski definition) is 6. The molecule has 0 spiro atoms. The van der Waals surface area contributed by atoms with Crippen LogP contribution in [-0.4, -0.2) is 68.3 Å². The van der Waals surface area contributed by atoms with Gasteiger partial charge in [0.1, 0.15) is 5.69 Å². The monoisotopic (exact) mass is 438 g/mol. The lowest BCUT2D eigenvalue weighted by atomic mass is 10.0. The zero-order valence-corrected chi connectivity index (χ0v) is 19.1. The number of rotatable bonds is 3. The van der Waals surface area contributed by atoms with Crippen molar-refractivity contribution in [1.82, 2.24) is 35.0 Å². The van der Waals surface area contributed by atoms with Crippen LogP contribution in [-0.2, 0) is 0 Å². The number of fused-ring (bicyclic) bond motifs is 2. The number of H-pyrrole nitrogens is 2. The van der Waals surface area contributed by atoms with Crippen LogP contribution in [0.5, 0.6) is 0 Å². The van der Waals surface area contributed by atoms with Crippen molar-refractivity contribution in [2.24, 2.45) is 0 Å². The Hall–Kier alpha value is -3.78. The summed E-state index contributed by atoms with van der Waals surface area (Å²) in [6, 6.07) is 8.50. The molecule has 166 valence electrons. The van der Waals surface area contributed by atoms with Crippen molar-refractivity contribution in [3.8, 4) is 22.6 Å². The van der Waals surface area contributed by atoms with Crippen molar-refractivity contribution >= 4 is 27.8 Å². The maximum Gasteiger partial charge on any atom is 0.181 e. The lowest BCUT2D eigenvalue weighted by Gasteiger charge is -2.34. The average Bonchev–Trinajstić information content (AvgIpc) is 3.45. The molecule has 8 nitrogen and oxygen atoms in total. The first kappa shape index (κ1) is 19.9. The summed E-state index contributed by atoms with van der Waals surface area (Å²) in [6.07, 6.45) is 5.54. The summed E-state index contributed by atoms with van der Waals surface area (Å²) in [7, 11) is 2.18. The lowest BCUT2D eigenvalue weighted by Crippen LogP contribution is -2.44. The van der Waals surface area contributed by atoms with E-state index < -0.39 is 0 Å². The van der Waals surface area contributed by atoms with Gasteiger partial charge in [-0.25, -0.2) is 9.97 Å². The summed E-state index contributed by atoms with van der Waals surface area (Å²) in [6.45, 7) is 8.32. The third-order valence-corrected chi connectivity index (χ3v) is 6.67. The lowest BCUT2D eigenvalue weighted by molar-refractivity contribution is 0.313. The highest BCUT2D eigenvalue weighted by atomic mass is 15.3. The molecule has 5 aromatic rings. The first-order chi connectivity index (χ1) is 16.1. The van der Waals surface area contributed by atoms with E-state index in [1.165, 1.54) is 5.69 Å². The second-order valence-corrected chi connectivity index (χ2v) is 8.89. The number of piperazine rings is 1. The standard InChI is InChI=1S/C25H26N8/c1-15-6-7-26-14-19(15)17-12-18-22(30-31-24(18)27-13-17)25-28-21-16(2)4-5-20(23(21)29-25)33-10-8-32(3)9-11-33/h4-7,12-14H,8-11H2,1-3H3,(H,28,29)(H,27,30,31). The number of imidazole rings is 1. The molecule has 0 radical (unpaired) electrons. The third kappa shape index (κ3) is 3.34. The number of pyridine rings is 2. The number of nitrogens with one attached hydrogen (secondary N) is 2. The van der Waals surface area contributed by atoms with Gasteiger partial charge in [-0.15, -0.1) is 0 Å². The van der Waals surface area contributed by atoms with Gasteiger partial charge in [0, 0.05) is 55.9 Å². The quantitative estimate of drug-likeness (QED) is 0.444. The molecule has 2 N–H and O–H groups in total. The van der Waals surface area contributed by atoms with Gasteiger partial charge >= 0.3 is 0 Å². The van der Waals surface area contributed by atoms with Crippen LogP contribution in [0.1, 0.15) is 11.1 Å². The first-order valence-electron chi connectivity index (χ1n) is 11.3. The molecule has 8 heteroatoms. The van der Waals surface area contributed by atoms with Crippen LogP contribution in [0.4, 0.5) is 5.69 Å². The van der Waals surface area contributed by atoms with E-state index in [4.69, 9.17) is 4.98 Å². The van der Waals surface area contributed by atoms with Gasteiger partial charge < -0.3 is 14.8 Å². The minimum atomic E-state index is 0.673. The van der Waals surface area contributed by atoms with Crippen LogP contribution in [0.3, 0.4) is 0 Å². The molecule has 1 aliphatic heterocycles. The van der Waals surface area contributed by atoms with Gasteiger partial charge in [0.15, 0.2) is 11.5 Å². The first-order valence-corrected chi connectivity index (χ1v) is 11.3. The van der Waals surface area contributed by atoms with Gasteiger partial charge in [0.05, 0.1) is 22.1 Å². The van der Waals surface area contributed by atoms with Crippen LogP contribution in [0, 0.1) is 13.8 Å². The van der Waals surface area contributed by atoms with Crippen LogP contribution < -0.4 is 4.90 Å². The largest absolute Gasteiger partial charge is 0.367 e. The molecule has 0 saturated carbocycles. The Balaban J connectivity index is 1.47. The Labute approximate surface area is 191 Å². The zero-order chi connectivity index (χ0) is 22.5. The molecule has 0 bridgehead atoms. The normalized spacial score (nSPS) is 15.1. The topological polar surface area (TPSA) is 89.6 Å². The second-order valence-electron chi connectivity index (χ2n) is 8.89. The van der Waals surface area contributed by atoms with Gasteiger partial charge in [-0.1, -0.05) is 6.07 Å². The fraction of sp³-hybridized carbons (Fsp3) is 0.280. The van der Waals surface area contributed by atoms with E-state index in [0.29, 0.717) is 5.65 Å². The zero-order valence-electron chi connectivity index (χ0n) is 19.1. The van der Waals surface area contributed by atoms with Crippen LogP contribution in [0.25, 0.3) is 44.7 Å². The van der Waals surface area contributed by atoms with Crippen LogP contribution in [0.2, 0.25) is 0 Å². The number of hydrogen-bond donors (Lipinski definition) is 2. The summed E-state index contributed by atoms with van der Waals surface area (Å²) in [5, 5.41) is 8.54. The summed E-state index contributed by atoms with van der Waals surface area (Å²) < 4.78 is 0. The molecule has 1 aromatic carbocycles. The van der Waals surface area contributed by atoms with Gasteiger partial charge in [-0.2, -0.15) is 5.10 Å². The summed E-state index contributed by atoms with van der Waals surface area (Å²) in [5.41, 5.74) is 9.19. The van der Waals surface area contributed by atoms with Crippen LogP contribution >= 0.6 is 0 Å². The maximum absolute atomic E-state index is 4.99. The van der Waals surface area contributed by atoms with Crippen molar-refractivity contribution in [2.75, 3.05) is 38.1 Å². The fourth-order valence-corrected chi connectivity index (χ4v) is 4.63. The van der Waals surface area contributed by atoms with E-state index in [9.17, 15) is 0 Å². The molecular weight excluding hydrogens is 412 g/mol. The molecule has 0 atom stereocenters. The van der Waals surface area contributed by atoms with Gasteiger partial charge in [0.25, 0.3) is 0 Å². The predicted octanol–water partition coefficient (Wildman–Crippen LogP) is 3.93. The number of likely N-dealkylation sites (N-methyl/N-ethyl adjacent to an activating group) is 1. The molecule has 1 fully saturated rings. The molecular formula is C25H26N8. The molecule has 33 heavy (non-hydrogen) atoms. The summed E-state index contributed by atoms with van der Waals surface area (Å²) >= 11 is 0. The highest BCUT2D eigenvalue weighted by molar-refractivity contribution is 5.97. The van der Waals surface area contributed by atoms with Crippen molar-refractivity contribution in [1.29, 1.82) is 0 Å². The van der Waals surface area contributed by atoms with E-state index in [1.54, 1.807) is 0 Å². The highest BCUT2D eigenvalue weighted by Crippen LogP contribution is 2.33. The number of nitrogens with zero attached hydrogens (tertiary/aromatic N) is 6. The fourth-order valence-electron chi connectivity index (χ4n) is 4.63. The molecule has 4 aromatic heterocycles. The molecule has 1 aliphatic rings. The van der Waals surface area contributed by atoms with Crippen molar-refractivity contribution in [2.45, 2.75) is 13.8 Å². The predicted molar refractivity (Wildman–Crippen MR) is 131 cm³/mol. The number of aryl methyl sites for hydroxylation is 2. The maximum atomic E-state index is 4.99. The Morgan fingerprint density at radius 2 is 1.82 bits per heavy atom. The van der Waals surface area contributed by atoms with E-state index in [1.807, 2.05) is 24.7 Å². The molecule has 5 heterocycles. The van der Waals surface area contributed by atoms with Gasteiger partial charge in [-0.3, -0.25) is 10.1 Å². The van der Waals surface area contributed by atoms with E-state index in [-0.39, 0.29) is 0 Å². The Morgan fingerprint density at radius 1 is 0.970 bits per heavy atom. The molecule has 0 unspecified atom stereocenters. The molecule has 6 rings (SSSR count). The van der Waals surface area contributed by atoms with E-state index >= 15 is 0 Å². The number of aromatic nitrogens is 6. The van der Waals surface area contributed by atoms with Gasteiger partial charge in [0.2, 0.25) is 0 Å². The number of anilines is 1. The smallest absolute Gasteiger partial charge is 0.181 e. The van der Waals surface area contributed by atoms with Crippen molar-refractivity contribution in [3.63, 3.8) is 0 Å². The average molecular weight is 439 g/mol. The molecule has 0 aliphatic carbocycles. The minimum absolute atomic E-state index is 0.673. The molecule has 1 saturated heterocycles. The minimum Gasteiger partial charge on any atom is -0.367 e. The van der Waals surface area contributed by atoms with E-state index in [2.05, 4.69) is 74.0 Å². The number of aromatic amines is 2. The third-order valence-electron chi connectivity index (χ3n) is 6.67. The summed E-state index contributed by atoms with van der Waals surface area (Å²) in [5.74, 6) is 0.777. The second kappa shape index (κ2) is 7.67. The number of benzene rings is 1. The van der Waals surface area contributed by atoms with Gasteiger partial charge in [-0.05, 0) is 50.2 Å². The van der Waals surface area contributed by atoms with Crippen LogP contribution in [0.15, 0.2) is 42.9 Å². The SMILES string of the molecule is Cc1ccncc1-c1cnc2n[nH]c(-c3nc4c(C)ccc(N5CCN(C)CC5)c4[nH]3)c2c1.